The molecule has 0 bridgehead atoms. The van der Waals surface area contributed by atoms with Crippen molar-refractivity contribution in [2.24, 2.45) is 7.05 Å². The molecule has 31 heavy (non-hydrogen) atoms. The van der Waals surface area contributed by atoms with E-state index < -0.39 is 0 Å². The van der Waals surface area contributed by atoms with E-state index in [1.54, 1.807) is 53.2 Å². The summed E-state index contributed by atoms with van der Waals surface area (Å²) in [5, 5.41) is 14.2. The Morgan fingerprint density at radius 3 is 2.74 bits per heavy atom. The summed E-state index contributed by atoms with van der Waals surface area (Å²) in [6, 6.07) is 14.7. The monoisotopic (exact) mass is 411 g/mol. The molecule has 154 valence electrons. The van der Waals surface area contributed by atoms with Crippen molar-refractivity contribution in [3.8, 4) is 17.5 Å². The van der Waals surface area contributed by atoms with Crippen LogP contribution in [-0.4, -0.2) is 32.1 Å². The van der Waals surface area contributed by atoms with Crippen LogP contribution < -0.4 is 0 Å². The number of rotatable bonds is 6. The molecule has 7 heteroatoms. The maximum absolute atomic E-state index is 13.7. The summed E-state index contributed by atoms with van der Waals surface area (Å²) in [5.74, 6) is 0.428. The largest absolute Gasteiger partial charge is 0.463 e. The molecule has 0 N–H and O–H groups in total. The minimum absolute atomic E-state index is 0.152. The summed E-state index contributed by atoms with van der Waals surface area (Å²) in [5.41, 5.74) is 3.94. The van der Waals surface area contributed by atoms with Crippen molar-refractivity contribution in [2.45, 2.75) is 13.5 Å². The Balaban J connectivity index is 1.79. The number of furan rings is 1. The van der Waals surface area contributed by atoms with Gasteiger partial charge in [0.25, 0.3) is 5.91 Å². The molecule has 1 amide bonds. The van der Waals surface area contributed by atoms with E-state index in [1.165, 1.54) is 0 Å². The van der Waals surface area contributed by atoms with Crippen LogP contribution in [0.15, 0.2) is 65.8 Å². The van der Waals surface area contributed by atoms with Gasteiger partial charge in [-0.3, -0.25) is 9.48 Å². The first-order valence-corrected chi connectivity index (χ1v) is 9.79. The van der Waals surface area contributed by atoms with E-state index in [9.17, 15) is 4.79 Å². The van der Waals surface area contributed by atoms with E-state index >= 15 is 0 Å². The molecule has 0 aliphatic heterocycles. The lowest BCUT2D eigenvalue weighted by molar-refractivity contribution is 0.0764. The van der Waals surface area contributed by atoms with Crippen molar-refractivity contribution >= 4 is 16.9 Å². The minimum Gasteiger partial charge on any atom is -0.463 e. The molecule has 0 saturated heterocycles. The fourth-order valence-electron chi connectivity index (χ4n) is 3.61. The highest BCUT2D eigenvalue weighted by Gasteiger charge is 2.23. The quantitative estimate of drug-likeness (QED) is 0.443. The third-order valence-corrected chi connectivity index (χ3v) is 5.07. The third kappa shape index (κ3) is 3.83. The Bertz CT molecular complexity index is 1290. The second-order valence-corrected chi connectivity index (χ2v) is 7.22. The molecule has 0 spiro atoms. The summed E-state index contributed by atoms with van der Waals surface area (Å²) in [4.78, 5) is 20.1. The smallest absolute Gasteiger partial charge is 0.255 e. The molecular formula is C24H21N5O2. The molecular weight excluding hydrogens is 390 g/mol. The van der Waals surface area contributed by atoms with Crippen LogP contribution in [0.4, 0.5) is 0 Å². The summed E-state index contributed by atoms with van der Waals surface area (Å²) in [6.45, 7) is 6.43. The fourth-order valence-corrected chi connectivity index (χ4v) is 3.61. The first kappa shape index (κ1) is 20.1. The molecule has 0 fully saturated rings. The van der Waals surface area contributed by atoms with Crippen molar-refractivity contribution in [3.05, 3.63) is 83.8 Å². The molecule has 0 saturated carbocycles. The van der Waals surface area contributed by atoms with Crippen molar-refractivity contribution < 1.29 is 9.21 Å². The molecule has 3 aromatic heterocycles. The standard InChI is InChI=1S/C24H21N5O2/c1-4-11-29(15-18-9-7-17(14-25)8-10-18)24(30)19-13-20(21-6-5-12-31-21)26-23-22(19)16(2)27-28(23)3/h4-10,12-13H,1,11,15H2,2-3H3. The van der Waals surface area contributed by atoms with Crippen LogP contribution in [0.25, 0.3) is 22.5 Å². The highest BCUT2D eigenvalue weighted by atomic mass is 16.3. The van der Waals surface area contributed by atoms with E-state index in [2.05, 4.69) is 22.7 Å². The zero-order chi connectivity index (χ0) is 22.0. The maximum Gasteiger partial charge on any atom is 0.255 e. The lowest BCUT2D eigenvalue weighted by Crippen LogP contribution is -2.31. The molecule has 4 rings (SSSR count). The number of nitriles is 1. The first-order valence-electron chi connectivity index (χ1n) is 9.79. The predicted molar refractivity (Wildman–Crippen MR) is 117 cm³/mol. The molecule has 3 heterocycles. The number of carbonyl (C=O) groups excluding carboxylic acids is 1. The Morgan fingerprint density at radius 2 is 2.10 bits per heavy atom. The number of hydrogen-bond acceptors (Lipinski definition) is 5. The van der Waals surface area contributed by atoms with Crippen molar-refractivity contribution in [1.82, 2.24) is 19.7 Å². The van der Waals surface area contributed by atoms with E-state index in [1.807, 2.05) is 25.1 Å². The Labute approximate surface area is 179 Å². The van der Waals surface area contributed by atoms with E-state index in [0.717, 1.165) is 16.6 Å². The number of aromatic nitrogens is 3. The lowest BCUT2D eigenvalue weighted by Gasteiger charge is -2.22. The molecule has 1 aromatic carbocycles. The normalized spacial score (nSPS) is 10.7. The highest BCUT2D eigenvalue weighted by Crippen LogP contribution is 2.28. The highest BCUT2D eigenvalue weighted by molar-refractivity contribution is 6.07. The van der Waals surface area contributed by atoms with Crippen LogP contribution in [0.5, 0.6) is 0 Å². The van der Waals surface area contributed by atoms with Crippen LogP contribution in [0, 0.1) is 18.3 Å². The molecule has 0 radical (unpaired) electrons. The maximum atomic E-state index is 13.7. The lowest BCUT2D eigenvalue weighted by atomic mass is 10.1. The zero-order valence-electron chi connectivity index (χ0n) is 17.4. The van der Waals surface area contributed by atoms with Gasteiger partial charge in [-0.1, -0.05) is 18.2 Å². The molecule has 0 atom stereocenters. The van der Waals surface area contributed by atoms with Gasteiger partial charge in [0.2, 0.25) is 0 Å². The van der Waals surface area contributed by atoms with Gasteiger partial charge in [-0.05, 0) is 42.8 Å². The van der Waals surface area contributed by atoms with Crippen molar-refractivity contribution in [3.63, 3.8) is 0 Å². The number of benzene rings is 1. The van der Waals surface area contributed by atoms with Gasteiger partial charge in [0.05, 0.1) is 34.5 Å². The van der Waals surface area contributed by atoms with Crippen LogP contribution in [0.1, 0.15) is 27.2 Å². The number of aryl methyl sites for hydroxylation is 2. The van der Waals surface area contributed by atoms with Gasteiger partial charge < -0.3 is 9.32 Å². The first-order chi connectivity index (χ1) is 15.0. The average molecular weight is 411 g/mol. The summed E-state index contributed by atoms with van der Waals surface area (Å²) < 4.78 is 7.19. The van der Waals surface area contributed by atoms with Gasteiger partial charge >= 0.3 is 0 Å². The number of nitrogens with zero attached hydrogens (tertiary/aromatic N) is 5. The van der Waals surface area contributed by atoms with Gasteiger partial charge in [-0.2, -0.15) is 10.4 Å². The number of amides is 1. The van der Waals surface area contributed by atoms with Crippen molar-refractivity contribution in [1.29, 1.82) is 5.26 Å². The van der Waals surface area contributed by atoms with E-state index in [0.29, 0.717) is 41.3 Å². The van der Waals surface area contributed by atoms with Gasteiger partial charge in [0.15, 0.2) is 11.4 Å². The Morgan fingerprint density at radius 1 is 1.32 bits per heavy atom. The minimum atomic E-state index is -0.152. The molecule has 0 aliphatic carbocycles. The summed E-state index contributed by atoms with van der Waals surface area (Å²) in [6.07, 6.45) is 3.27. The van der Waals surface area contributed by atoms with Crippen LogP contribution >= 0.6 is 0 Å². The average Bonchev–Trinajstić information content (AvgIpc) is 3.41. The fraction of sp³-hybridized carbons (Fsp3) is 0.167. The second kappa shape index (κ2) is 8.28. The van der Waals surface area contributed by atoms with Crippen LogP contribution in [-0.2, 0) is 13.6 Å². The van der Waals surface area contributed by atoms with Crippen LogP contribution in [0.3, 0.4) is 0 Å². The third-order valence-electron chi connectivity index (χ3n) is 5.07. The number of fused-ring (bicyclic) bond motifs is 1. The topological polar surface area (TPSA) is 87.9 Å². The van der Waals surface area contributed by atoms with Gasteiger partial charge in [0, 0.05) is 20.1 Å². The zero-order valence-corrected chi connectivity index (χ0v) is 17.4. The molecule has 4 aromatic rings. The number of pyridine rings is 1. The van der Waals surface area contributed by atoms with E-state index in [4.69, 9.17) is 9.68 Å². The number of hydrogen-bond donors (Lipinski definition) is 0. The summed E-state index contributed by atoms with van der Waals surface area (Å²) >= 11 is 0. The van der Waals surface area contributed by atoms with Gasteiger partial charge in [-0.15, -0.1) is 6.58 Å². The summed E-state index contributed by atoms with van der Waals surface area (Å²) in [7, 11) is 1.81. The molecule has 0 aliphatic rings. The second-order valence-electron chi connectivity index (χ2n) is 7.22. The van der Waals surface area contributed by atoms with E-state index in [-0.39, 0.29) is 5.91 Å². The van der Waals surface area contributed by atoms with Gasteiger partial charge in [0.1, 0.15) is 5.69 Å². The Kier molecular flexibility index (Phi) is 5.37. The molecule has 0 unspecified atom stereocenters. The Hall–Kier alpha value is -4.18. The SMILES string of the molecule is C=CCN(Cc1ccc(C#N)cc1)C(=O)c1cc(-c2ccco2)nc2c1c(C)nn2C. The predicted octanol–water partition coefficient (Wildman–Crippen LogP) is 4.24. The van der Waals surface area contributed by atoms with Crippen molar-refractivity contribution in [2.75, 3.05) is 6.54 Å². The number of carbonyl (C=O) groups is 1. The van der Waals surface area contributed by atoms with Crippen LogP contribution in [0.2, 0.25) is 0 Å². The molecule has 7 nitrogen and oxygen atoms in total. The van der Waals surface area contributed by atoms with Gasteiger partial charge in [-0.25, -0.2) is 4.98 Å².